The second-order valence-electron chi connectivity index (χ2n) is 5.28. The van der Waals surface area contributed by atoms with Crippen LogP contribution in [0.15, 0.2) is 5.38 Å². The quantitative estimate of drug-likeness (QED) is 0.667. The number of nitrogens with zero attached hydrogens (tertiary/aromatic N) is 1. The molecule has 1 aliphatic rings. The van der Waals surface area contributed by atoms with Crippen molar-refractivity contribution in [3.8, 4) is 0 Å². The third-order valence-corrected chi connectivity index (χ3v) is 4.93. The number of methoxy groups -OCH3 is 1. The minimum atomic E-state index is -1.49. The van der Waals surface area contributed by atoms with Gasteiger partial charge in [0.15, 0.2) is 5.41 Å². The van der Waals surface area contributed by atoms with Gasteiger partial charge < -0.3 is 9.84 Å². The number of thiazole rings is 1. The lowest BCUT2D eigenvalue weighted by atomic mass is 9.71. The van der Waals surface area contributed by atoms with Crippen LogP contribution in [0.1, 0.15) is 36.4 Å². The normalized spacial score (nSPS) is 18.7. The summed E-state index contributed by atoms with van der Waals surface area (Å²) in [6, 6.07) is 0. The van der Waals surface area contributed by atoms with E-state index in [4.69, 9.17) is 4.74 Å². The average Bonchev–Trinajstić information content (AvgIpc) is 3.06. The van der Waals surface area contributed by atoms with Crippen LogP contribution in [0.2, 0.25) is 0 Å². The van der Waals surface area contributed by atoms with Crippen LogP contribution in [0, 0.1) is 18.3 Å². The number of ether oxygens (including phenoxy) is 1. The Kier molecular flexibility index (Phi) is 4.42. The van der Waals surface area contributed by atoms with Gasteiger partial charge in [-0.1, -0.05) is 12.8 Å². The predicted octanol–water partition coefficient (Wildman–Crippen LogP) is 2.43. The van der Waals surface area contributed by atoms with Gasteiger partial charge in [-0.25, -0.2) is 4.98 Å². The van der Waals surface area contributed by atoms with Crippen molar-refractivity contribution in [2.75, 3.05) is 7.11 Å². The number of hydrogen-bond donors (Lipinski definition) is 1. The van der Waals surface area contributed by atoms with Crippen LogP contribution >= 0.6 is 11.3 Å². The topological polar surface area (TPSA) is 76.5 Å². The Labute approximate surface area is 122 Å². The summed E-state index contributed by atoms with van der Waals surface area (Å²) >= 11 is 1.46. The zero-order chi connectivity index (χ0) is 14.8. The molecule has 110 valence electrons. The van der Waals surface area contributed by atoms with Crippen molar-refractivity contribution in [2.24, 2.45) is 11.3 Å². The standard InChI is InChI=1S/C14H19NO4S/c1-9-15-11(8-20-9)7-14(12(16)17,13(18)19-2)10-5-3-4-6-10/h8,10H,3-7H2,1-2H3,(H,16,17). The van der Waals surface area contributed by atoms with Gasteiger partial charge in [-0.15, -0.1) is 11.3 Å². The van der Waals surface area contributed by atoms with E-state index in [1.165, 1.54) is 18.4 Å². The molecule has 1 fully saturated rings. The molecule has 0 radical (unpaired) electrons. The first kappa shape index (κ1) is 15.0. The van der Waals surface area contributed by atoms with E-state index < -0.39 is 17.4 Å². The van der Waals surface area contributed by atoms with E-state index in [0.29, 0.717) is 5.69 Å². The highest BCUT2D eigenvalue weighted by Crippen LogP contribution is 2.43. The van der Waals surface area contributed by atoms with E-state index in [0.717, 1.165) is 30.7 Å². The first-order valence-electron chi connectivity index (χ1n) is 6.73. The highest BCUT2D eigenvalue weighted by molar-refractivity contribution is 7.09. The Bertz CT molecular complexity index is 507. The molecule has 20 heavy (non-hydrogen) atoms. The lowest BCUT2D eigenvalue weighted by molar-refractivity contribution is -0.171. The van der Waals surface area contributed by atoms with Gasteiger partial charge in [0.2, 0.25) is 0 Å². The smallest absolute Gasteiger partial charge is 0.323 e. The number of rotatable bonds is 5. The zero-order valence-electron chi connectivity index (χ0n) is 11.7. The summed E-state index contributed by atoms with van der Waals surface area (Å²) in [5, 5.41) is 12.4. The number of esters is 1. The van der Waals surface area contributed by atoms with Gasteiger partial charge in [0, 0.05) is 11.8 Å². The van der Waals surface area contributed by atoms with Crippen LogP contribution in [-0.4, -0.2) is 29.1 Å². The lowest BCUT2D eigenvalue weighted by Crippen LogP contribution is -2.47. The molecule has 1 unspecified atom stereocenters. The van der Waals surface area contributed by atoms with Gasteiger partial charge in [0.1, 0.15) is 0 Å². The molecule has 0 bridgehead atoms. The van der Waals surface area contributed by atoms with Crippen LogP contribution in [0.5, 0.6) is 0 Å². The van der Waals surface area contributed by atoms with Gasteiger partial charge in [0.05, 0.1) is 17.8 Å². The molecule has 0 spiro atoms. The maximum absolute atomic E-state index is 12.2. The van der Waals surface area contributed by atoms with Crippen LogP contribution < -0.4 is 0 Å². The summed E-state index contributed by atoms with van der Waals surface area (Å²) in [6.07, 6.45) is 3.55. The van der Waals surface area contributed by atoms with Crippen molar-refractivity contribution >= 4 is 23.3 Å². The van der Waals surface area contributed by atoms with Gasteiger partial charge in [0.25, 0.3) is 0 Å². The number of aromatic nitrogens is 1. The molecule has 1 saturated carbocycles. The molecule has 2 rings (SSSR count). The third kappa shape index (κ3) is 2.57. The summed E-state index contributed by atoms with van der Waals surface area (Å²) in [4.78, 5) is 28.5. The summed E-state index contributed by atoms with van der Waals surface area (Å²) in [6.45, 7) is 1.87. The van der Waals surface area contributed by atoms with Crippen molar-refractivity contribution in [1.82, 2.24) is 4.98 Å². The maximum Gasteiger partial charge on any atom is 0.323 e. The van der Waals surface area contributed by atoms with Gasteiger partial charge in [-0.2, -0.15) is 0 Å². The van der Waals surface area contributed by atoms with Crippen molar-refractivity contribution in [1.29, 1.82) is 0 Å². The molecule has 1 aromatic heterocycles. The Balaban J connectivity index is 2.39. The molecular formula is C14H19NO4S. The second kappa shape index (κ2) is 5.91. The molecule has 6 heteroatoms. The van der Waals surface area contributed by atoms with Crippen molar-refractivity contribution < 1.29 is 19.4 Å². The van der Waals surface area contributed by atoms with Crippen LogP contribution in [0.4, 0.5) is 0 Å². The average molecular weight is 297 g/mol. The molecule has 1 aliphatic carbocycles. The Morgan fingerprint density at radius 3 is 2.60 bits per heavy atom. The van der Waals surface area contributed by atoms with Crippen LogP contribution in [0.3, 0.4) is 0 Å². The SMILES string of the molecule is COC(=O)C(Cc1csc(C)n1)(C(=O)O)C1CCCC1. The Morgan fingerprint density at radius 1 is 1.50 bits per heavy atom. The van der Waals surface area contributed by atoms with Crippen molar-refractivity contribution in [2.45, 2.75) is 39.0 Å². The molecule has 5 nitrogen and oxygen atoms in total. The fourth-order valence-electron chi connectivity index (χ4n) is 3.10. The van der Waals surface area contributed by atoms with E-state index in [9.17, 15) is 14.7 Å². The fraction of sp³-hybridized carbons (Fsp3) is 0.643. The van der Waals surface area contributed by atoms with E-state index in [-0.39, 0.29) is 12.3 Å². The monoisotopic (exact) mass is 297 g/mol. The molecule has 0 aromatic carbocycles. The molecule has 0 amide bonds. The Morgan fingerprint density at radius 2 is 2.15 bits per heavy atom. The predicted molar refractivity (Wildman–Crippen MR) is 74.6 cm³/mol. The Hall–Kier alpha value is -1.43. The number of aryl methyl sites for hydroxylation is 1. The number of carbonyl (C=O) groups excluding carboxylic acids is 1. The van der Waals surface area contributed by atoms with E-state index in [1.54, 1.807) is 0 Å². The van der Waals surface area contributed by atoms with Gasteiger partial charge in [-0.05, 0) is 25.7 Å². The molecule has 0 saturated heterocycles. The zero-order valence-corrected chi connectivity index (χ0v) is 12.5. The number of aliphatic carboxylic acids is 1. The summed E-state index contributed by atoms with van der Waals surface area (Å²) in [7, 11) is 1.25. The highest BCUT2D eigenvalue weighted by atomic mass is 32.1. The summed E-state index contributed by atoms with van der Waals surface area (Å²) in [5.74, 6) is -1.92. The first-order valence-corrected chi connectivity index (χ1v) is 7.61. The molecule has 1 N–H and O–H groups in total. The minimum Gasteiger partial charge on any atom is -0.480 e. The first-order chi connectivity index (χ1) is 9.50. The minimum absolute atomic E-state index is 0.115. The largest absolute Gasteiger partial charge is 0.480 e. The molecule has 1 aromatic rings. The van der Waals surface area contributed by atoms with Gasteiger partial charge in [-0.3, -0.25) is 9.59 Å². The summed E-state index contributed by atoms with van der Waals surface area (Å²) in [5.41, 5.74) is -0.835. The second-order valence-corrected chi connectivity index (χ2v) is 6.35. The lowest BCUT2D eigenvalue weighted by Gasteiger charge is -2.31. The van der Waals surface area contributed by atoms with Gasteiger partial charge >= 0.3 is 11.9 Å². The summed E-state index contributed by atoms with van der Waals surface area (Å²) < 4.78 is 4.82. The van der Waals surface area contributed by atoms with E-state index in [2.05, 4.69) is 4.98 Å². The third-order valence-electron chi connectivity index (χ3n) is 4.11. The molecule has 0 aliphatic heterocycles. The van der Waals surface area contributed by atoms with E-state index in [1.807, 2.05) is 12.3 Å². The number of carbonyl (C=O) groups is 2. The number of carboxylic acid groups (broad SMARTS) is 1. The number of hydrogen-bond acceptors (Lipinski definition) is 5. The molecular weight excluding hydrogens is 278 g/mol. The van der Waals surface area contributed by atoms with Crippen LogP contribution in [0.25, 0.3) is 0 Å². The molecule has 1 heterocycles. The fourth-order valence-corrected chi connectivity index (χ4v) is 3.71. The van der Waals surface area contributed by atoms with Crippen LogP contribution in [-0.2, 0) is 20.7 Å². The van der Waals surface area contributed by atoms with E-state index >= 15 is 0 Å². The molecule has 1 atom stereocenters. The van der Waals surface area contributed by atoms with Crippen molar-refractivity contribution in [3.63, 3.8) is 0 Å². The highest BCUT2D eigenvalue weighted by Gasteiger charge is 2.54. The number of carboxylic acids is 1. The maximum atomic E-state index is 12.2. The van der Waals surface area contributed by atoms with Crippen molar-refractivity contribution in [3.05, 3.63) is 16.1 Å².